The Kier molecular flexibility index (Phi) is 6.74. The minimum absolute atomic E-state index is 0.789. The van der Waals surface area contributed by atoms with Gasteiger partial charge in [-0.25, -0.2) is 0 Å². The van der Waals surface area contributed by atoms with Crippen LogP contribution in [-0.2, 0) is 0 Å². The highest BCUT2D eigenvalue weighted by atomic mass is 14.9. The lowest BCUT2D eigenvalue weighted by Crippen LogP contribution is -2.29. The fourth-order valence-corrected chi connectivity index (χ4v) is 2.05. The van der Waals surface area contributed by atoms with Gasteiger partial charge < -0.3 is 5.32 Å². The molecule has 1 unspecified atom stereocenters. The summed E-state index contributed by atoms with van der Waals surface area (Å²) < 4.78 is 0. The van der Waals surface area contributed by atoms with Crippen molar-refractivity contribution in [2.24, 2.45) is 5.92 Å². The maximum atomic E-state index is 3.74. The number of hydrogen-bond acceptors (Lipinski definition) is 1. The van der Waals surface area contributed by atoms with Crippen molar-refractivity contribution in [3.63, 3.8) is 0 Å². The number of rotatable bonds is 10. The van der Waals surface area contributed by atoms with Crippen molar-refractivity contribution in [2.45, 2.75) is 64.3 Å². The van der Waals surface area contributed by atoms with E-state index in [-0.39, 0.29) is 0 Å². The molecule has 0 aromatic heterocycles. The molecule has 88 valence electrons. The van der Waals surface area contributed by atoms with Gasteiger partial charge in [-0.1, -0.05) is 32.3 Å². The third-order valence-electron chi connectivity index (χ3n) is 3.33. The molecular weight excluding hydrogens is 182 g/mol. The summed E-state index contributed by atoms with van der Waals surface area (Å²) in [6.45, 7) is 7.26. The van der Waals surface area contributed by atoms with Gasteiger partial charge in [0.25, 0.3) is 0 Å². The lowest BCUT2D eigenvalue weighted by atomic mass is 10.1. The van der Waals surface area contributed by atoms with E-state index in [4.69, 9.17) is 0 Å². The molecule has 0 amide bonds. The van der Waals surface area contributed by atoms with Gasteiger partial charge in [0.2, 0.25) is 0 Å². The molecule has 0 heterocycles. The zero-order valence-corrected chi connectivity index (χ0v) is 10.3. The highest BCUT2D eigenvalue weighted by Gasteiger charge is 2.24. The maximum absolute atomic E-state index is 3.74. The molecule has 0 aliphatic heterocycles. The first-order valence-electron chi connectivity index (χ1n) is 6.71. The fourth-order valence-electron chi connectivity index (χ4n) is 2.05. The van der Waals surface area contributed by atoms with Gasteiger partial charge in [-0.2, -0.15) is 0 Å². The van der Waals surface area contributed by atoms with Crippen LogP contribution < -0.4 is 5.32 Å². The standard InChI is InChI=1S/C14H27N/c1-3-5-6-7-8-11-15-14(4-2)12-13-9-10-13/h3,13-15H,1,4-12H2,2H3. The van der Waals surface area contributed by atoms with E-state index in [1.54, 1.807) is 0 Å². The fraction of sp³-hybridized carbons (Fsp3) is 0.857. The Hall–Kier alpha value is -0.300. The summed E-state index contributed by atoms with van der Waals surface area (Å²) in [5, 5.41) is 3.69. The summed E-state index contributed by atoms with van der Waals surface area (Å²) in [6, 6.07) is 0.789. The number of hydrogen-bond donors (Lipinski definition) is 1. The van der Waals surface area contributed by atoms with E-state index in [9.17, 15) is 0 Å². The van der Waals surface area contributed by atoms with E-state index in [0.29, 0.717) is 0 Å². The van der Waals surface area contributed by atoms with Gasteiger partial charge in [-0.05, 0) is 44.6 Å². The second kappa shape index (κ2) is 7.92. The maximum Gasteiger partial charge on any atom is 0.00670 e. The van der Waals surface area contributed by atoms with Gasteiger partial charge >= 0.3 is 0 Å². The second-order valence-corrected chi connectivity index (χ2v) is 4.88. The Morgan fingerprint density at radius 1 is 1.33 bits per heavy atom. The topological polar surface area (TPSA) is 12.0 Å². The summed E-state index contributed by atoms with van der Waals surface area (Å²) in [5.74, 6) is 1.06. The predicted molar refractivity (Wildman–Crippen MR) is 68.1 cm³/mol. The van der Waals surface area contributed by atoms with Crippen molar-refractivity contribution in [2.75, 3.05) is 6.54 Å². The van der Waals surface area contributed by atoms with Crippen LogP contribution in [0.1, 0.15) is 58.3 Å². The Morgan fingerprint density at radius 2 is 2.13 bits per heavy atom. The van der Waals surface area contributed by atoms with E-state index < -0.39 is 0 Å². The van der Waals surface area contributed by atoms with Gasteiger partial charge in [-0.15, -0.1) is 6.58 Å². The molecule has 0 radical (unpaired) electrons. The van der Waals surface area contributed by atoms with Crippen LogP contribution in [0.3, 0.4) is 0 Å². The van der Waals surface area contributed by atoms with E-state index in [2.05, 4.69) is 18.8 Å². The molecule has 1 atom stereocenters. The largest absolute Gasteiger partial charge is 0.314 e. The minimum Gasteiger partial charge on any atom is -0.314 e. The summed E-state index contributed by atoms with van der Waals surface area (Å²) in [6.07, 6.45) is 12.9. The zero-order valence-electron chi connectivity index (χ0n) is 10.3. The molecular formula is C14H27N. The van der Waals surface area contributed by atoms with Crippen LogP contribution in [0.25, 0.3) is 0 Å². The van der Waals surface area contributed by atoms with Gasteiger partial charge in [0, 0.05) is 6.04 Å². The molecule has 1 rings (SSSR count). The molecule has 0 spiro atoms. The van der Waals surface area contributed by atoms with Crippen molar-refractivity contribution in [3.8, 4) is 0 Å². The number of nitrogens with one attached hydrogen (secondary N) is 1. The van der Waals surface area contributed by atoms with Crippen molar-refractivity contribution in [1.29, 1.82) is 0 Å². The summed E-state index contributed by atoms with van der Waals surface area (Å²) in [7, 11) is 0. The normalized spacial score (nSPS) is 17.7. The third kappa shape index (κ3) is 6.72. The zero-order chi connectivity index (χ0) is 10.9. The highest BCUT2D eigenvalue weighted by Crippen LogP contribution is 2.33. The van der Waals surface area contributed by atoms with Crippen molar-refractivity contribution in [1.82, 2.24) is 5.32 Å². The third-order valence-corrected chi connectivity index (χ3v) is 3.33. The molecule has 0 bridgehead atoms. The van der Waals surface area contributed by atoms with Crippen LogP contribution in [0.4, 0.5) is 0 Å². The Bertz CT molecular complexity index is 161. The molecule has 1 nitrogen and oxygen atoms in total. The molecule has 1 N–H and O–H groups in total. The molecule has 15 heavy (non-hydrogen) atoms. The first kappa shape index (κ1) is 12.8. The monoisotopic (exact) mass is 209 g/mol. The summed E-state index contributed by atoms with van der Waals surface area (Å²) in [5.41, 5.74) is 0. The van der Waals surface area contributed by atoms with Crippen molar-refractivity contribution < 1.29 is 0 Å². The molecule has 0 aromatic carbocycles. The molecule has 1 heteroatoms. The Labute approximate surface area is 95.3 Å². The first-order valence-corrected chi connectivity index (χ1v) is 6.71. The van der Waals surface area contributed by atoms with Crippen LogP contribution in [0.15, 0.2) is 12.7 Å². The lowest BCUT2D eigenvalue weighted by Gasteiger charge is -2.16. The Morgan fingerprint density at radius 3 is 2.73 bits per heavy atom. The predicted octanol–water partition coefficient (Wildman–Crippen LogP) is 3.90. The Balaban J connectivity index is 1.89. The van der Waals surface area contributed by atoms with Gasteiger partial charge in [-0.3, -0.25) is 0 Å². The minimum atomic E-state index is 0.789. The number of allylic oxidation sites excluding steroid dienone is 1. The van der Waals surface area contributed by atoms with Gasteiger partial charge in [0.1, 0.15) is 0 Å². The first-order chi connectivity index (χ1) is 7.36. The lowest BCUT2D eigenvalue weighted by molar-refractivity contribution is 0.437. The van der Waals surface area contributed by atoms with Crippen LogP contribution in [0.2, 0.25) is 0 Å². The van der Waals surface area contributed by atoms with Crippen molar-refractivity contribution >= 4 is 0 Å². The summed E-state index contributed by atoms with van der Waals surface area (Å²) in [4.78, 5) is 0. The quantitative estimate of drug-likeness (QED) is 0.425. The van der Waals surface area contributed by atoms with Gasteiger partial charge in [0.15, 0.2) is 0 Å². The van der Waals surface area contributed by atoms with E-state index in [1.807, 2.05) is 6.08 Å². The van der Waals surface area contributed by atoms with Crippen LogP contribution in [-0.4, -0.2) is 12.6 Å². The van der Waals surface area contributed by atoms with Gasteiger partial charge in [0.05, 0.1) is 0 Å². The van der Waals surface area contributed by atoms with E-state index in [1.165, 1.54) is 57.9 Å². The van der Waals surface area contributed by atoms with Crippen LogP contribution in [0.5, 0.6) is 0 Å². The SMILES string of the molecule is C=CCCCCCNC(CC)CC1CC1. The van der Waals surface area contributed by atoms with Crippen molar-refractivity contribution in [3.05, 3.63) is 12.7 Å². The molecule has 0 saturated heterocycles. The van der Waals surface area contributed by atoms with E-state index >= 15 is 0 Å². The van der Waals surface area contributed by atoms with Crippen LogP contribution >= 0.6 is 0 Å². The second-order valence-electron chi connectivity index (χ2n) is 4.88. The molecule has 0 aromatic rings. The van der Waals surface area contributed by atoms with Crippen LogP contribution in [0, 0.1) is 5.92 Å². The molecule has 1 saturated carbocycles. The number of unbranched alkanes of at least 4 members (excludes halogenated alkanes) is 3. The molecule has 1 fully saturated rings. The molecule has 1 aliphatic rings. The summed E-state index contributed by atoms with van der Waals surface area (Å²) >= 11 is 0. The van der Waals surface area contributed by atoms with E-state index in [0.717, 1.165) is 12.0 Å². The highest BCUT2D eigenvalue weighted by molar-refractivity contribution is 4.79. The average Bonchev–Trinajstić information content (AvgIpc) is 3.05. The smallest absolute Gasteiger partial charge is 0.00670 e. The average molecular weight is 209 g/mol. The molecule has 1 aliphatic carbocycles.